The molecule has 142 valence electrons. The first-order chi connectivity index (χ1) is 11.7. The van der Waals surface area contributed by atoms with Gasteiger partial charge in [-0.3, -0.25) is 4.99 Å². The molecular formula is C19H32FIN4. The summed E-state index contributed by atoms with van der Waals surface area (Å²) >= 11 is 0. The number of rotatable bonds is 7. The number of nitrogens with one attached hydrogen (secondary N) is 2. The molecule has 0 aliphatic heterocycles. The Bertz CT molecular complexity index is 501. The Balaban J connectivity index is 0.00000312. The summed E-state index contributed by atoms with van der Waals surface area (Å²) in [7, 11) is 4.02. The van der Waals surface area contributed by atoms with Crippen LogP contribution in [0.4, 0.5) is 4.39 Å². The molecule has 1 aliphatic carbocycles. The van der Waals surface area contributed by atoms with Gasteiger partial charge in [0, 0.05) is 26.2 Å². The monoisotopic (exact) mass is 462 g/mol. The number of hydrogen-bond acceptors (Lipinski definition) is 2. The molecule has 0 saturated heterocycles. The first-order valence-corrected chi connectivity index (χ1v) is 9.08. The lowest BCUT2D eigenvalue weighted by molar-refractivity contribution is 0.190. The number of guanidine groups is 1. The fourth-order valence-electron chi connectivity index (χ4n) is 3.25. The molecule has 0 unspecified atom stereocenters. The van der Waals surface area contributed by atoms with Gasteiger partial charge in [-0.2, -0.15) is 0 Å². The molecular weight excluding hydrogens is 430 g/mol. The molecule has 0 bridgehead atoms. The van der Waals surface area contributed by atoms with Gasteiger partial charge in [0.1, 0.15) is 5.82 Å². The average Bonchev–Trinajstić information content (AvgIpc) is 2.63. The zero-order valence-electron chi connectivity index (χ0n) is 15.4. The lowest BCUT2D eigenvalue weighted by Gasteiger charge is -2.31. The SMILES string of the molecule is CN=C(NCCCN(C)C1CCCCC1)NCc1ccc(F)cc1.I. The van der Waals surface area contributed by atoms with Crippen molar-refractivity contribution in [3.05, 3.63) is 35.6 Å². The molecule has 1 saturated carbocycles. The van der Waals surface area contributed by atoms with E-state index in [2.05, 4.69) is 27.6 Å². The van der Waals surface area contributed by atoms with Gasteiger partial charge < -0.3 is 15.5 Å². The Labute approximate surface area is 168 Å². The van der Waals surface area contributed by atoms with Crippen LogP contribution in [0.1, 0.15) is 44.1 Å². The molecule has 0 radical (unpaired) electrons. The van der Waals surface area contributed by atoms with Crippen molar-refractivity contribution in [2.24, 2.45) is 4.99 Å². The van der Waals surface area contributed by atoms with Crippen molar-refractivity contribution >= 4 is 29.9 Å². The van der Waals surface area contributed by atoms with E-state index in [1.54, 1.807) is 19.2 Å². The van der Waals surface area contributed by atoms with Gasteiger partial charge in [-0.05, 0) is 50.6 Å². The summed E-state index contributed by atoms with van der Waals surface area (Å²) in [6.45, 7) is 2.66. The van der Waals surface area contributed by atoms with Gasteiger partial charge in [0.15, 0.2) is 5.96 Å². The maximum atomic E-state index is 12.9. The highest BCUT2D eigenvalue weighted by molar-refractivity contribution is 14.0. The van der Waals surface area contributed by atoms with E-state index in [4.69, 9.17) is 0 Å². The predicted octanol–water partition coefficient (Wildman–Crippen LogP) is 3.76. The second-order valence-corrected chi connectivity index (χ2v) is 6.61. The zero-order valence-corrected chi connectivity index (χ0v) is 17.8. The van der Waals surface area contributed by atoms with E-state index in [1.165, 1.54) is 44.2 Å². The van der Waals surface area contributed by atoms with Crippen LogP contribution in [0.5, 0.6) is 0 Å². The van der Waals surface area contributed by atoms with Gasteiger partial charge in [0.05, 0.1) is 0 Å². The molecule has 1 aromatic carbocycles. The van der Waals surface area contributed by atoms with E-state index in [-0.39, 0.29) is 29.8 Å². The lowest BCUT2D eigenvalue weighted by Crippen LogP contribution is -2.39. The highest BCUT2D eigenvalue weighted by atomic mass is 127. The van der Waals surface area contributed by atoms with Crippen molar-refractivity contribution in [1.29, 1.82) is 0 Å². The van der Waals surface area contributed by atoms with Gasteiger partial charge >= 0.3 is 0 Å². The van der Waals surface area contributed by atoms with Crippen molar-refractivity contribution < 1.29 is 4.39 Å². The van der Waals surface area contributed by atoms with Crippen LogP contribution < -0.4 is 10.6 Å². The van der Waals surface area contributed by atoms with Crippen LogP contribution in [-0.2, 0) is 6.54 Å². The van der Waals surface area contributed by atoms with Crippen LogP contribution in [0.15, 0.2) is 29.3 Å². The third-order valence-electron chi connectivity index (χ3n) is 4.77. The summed E-state index contributed by atoms with van der Waals surface area (Å²) in [5, 5.41) is 6.61. The molecule has 2 N–H and O–H groups in total. The topological polar surface area (TPSA) is 39.7 Å². The van der Waals surface area contributed by atoms with E-state index < -0.39 is 0 Å². The summed E-state index contributed by atoms with van der Waals surface area (Å²) in [5.74, 6) is 0.586. The first-order valence-electron chi connectivity index (χ1n) is 9.08. The van der Waals surface area contributed by atoms with E-state index >= 15 is 0 Å². The largest absolute Gasteiger partial charge is 0.356 e. The van der Waals surface area contributed by atoms with Crippen LogP contribution in [0.2, 0.25) is 0 Å². The summed E-state index contributed by atoms with van der Waals surface area (Å²) < 4.78 is 12.9. The maximum Gasteiger partial charge on any atom is 0.191 e. The van der Waals surface area contributed by atoms with Crippen LogP contribution >= 0.6 is 24.0 Å². The Kier molecular flexibility index (Phi) is 11.0. The molecule has 2 rings (SSSR count). The molecule has 0 heterocycles. The number of nitrogens with zero attached hydrogens (tertiary/aromatic N) is 2. The highest BCUT2D eigenvalue weighted by Gasteiger charge is 2.17. The van der Waals surface area contributed by atoms with Gasteiger partial charge in [0.25, 0.3) is 0 Å². The smallest absolute Gasteiger partial charge is 0.191 e. The molecule has 0 spiro atoms. The van der Waals surface area contributed by atoms with Crippen molar-refractivity contribution in [3.63, 3.8) is 0 Å². The second-order valence-electron chi connectivity index (χ2n) is 6.61. The minimum atomic E-state index is -0.205. The van der Waals surface area contributed by atoms with Crippen molar-refractivity contribution in [2.75, 3.05) is 27.2 Å². The number of benzene rings is 1. The van der Waals surface area contributed by atoms with E-state index in [0.717, 1.165) is 37.1 Å². The molecule has 0 aromatic heterocycles. The molecule has 1 aliphatic rings. The highest BCUT2D eigenvalue weighted by Crippen LogP contribution is 2.21. The maximum absolute atomic E-state index is 12.9. The predicted molar refractivity (Wildman–Crippen MR) is 114 cm³/mol. The Morgan fingerprint density at radius 1 is 1.16 bits per heavy atom. The van der Waals surface area contributed by atoms with E-state index in [1.807, 2.05) is 0 Å². The van der Waals surface area contributed by atoms with Crippen LogP contribution in [0.3, 0.4) is 0 Å². The van der Waals surface area contributed by atoms with Gasteiger partial charge in [-0.1, -0.05) is 31.4 Å². The zero-order chi connectivity index (χ0) is 17.2. The first kappa shape index (κ1) is 22.2. The summed E-state index contributed by atoms with van der Waals surface area (Å²) in [6, 6.07) is 7.31. The number of halogens is 2. The van der Waals surface area contributed by atoms with Crippen LogP contribution in [-0.4, -0.2) is 44.1 Å². The van der Waals surface area contributed by atoms with Gasteiger partial charge in [-0.25, -0.2) is 4.39 Å². The van der Waals surface area contributed by atoms with Crippen molar-refractivity contribution in [3.8, 4) is 0 Å². The van der Waals surface area contributed by atoms with Crippen LogP contribution in [0.25, 0.3) is 0 Å². The molecule has 0 amide bonds. The molecule has 25 heavy (non-hydrogen) atoms. The van der Waals surface area contributed by atoms with Crippen molar-refractivity contribution in [1.82, 2.24) is 15.5 Å². The third-order valence-corrected chi connectivity index (χ3v) is 4.77. The van der Waals surface area contributed by atoms with Gasteiger partial charge in [0.2, 0.25) is 0 Å². The lowest BCUT2D eigenvalue weighted by atomic mass is 9.94. The normalized spacial score (nSPS) is 15.8. The van der Waals surface area contributed by atoms with E-state index in [9.17, 15) is 4.39 Å². The molecule has 1 fully saturated rings. The average molecular weight is 462 g/mol. The molecule has 4 nitrogen and oxygen atoms in total. The Morgan fingerprint density at radius 3 is 2.48 bits per heavy atom. The van der Waals surface area contributed by atoms with Crippen molar-refractivity contribution in [2.45, 2.75) is 51.1 Å². The van der Waals surface area contributed by atoms with Crippen LogP contribution in [0, 0.1) is 5.82 Å². The number of hydrogen-bond donors (Lipinski definition) is 2. The number of aliphatic imine (C=N–C) groups is 1. The molecule has 1 aromatic rings. The molecule has 0 atom stereocenters. The fourth-order valence-corrected chi connectivity index (χ4v) is 3.25. The summed E-state index contributed by atoms with van der Waals surface area (Å²) in [5.41, 5.74) is 1.04. The Morgan fingerprint density at radius 2 is 1.84 bits per heavy atom. The third kappa shape index (κ3) is 8.35. The fraction of sp³-hybridized carbons (Fsp3) is 0.632. The minimum absolute atomic E-state index is 0. The summed E-state index contributed by atoms with van der Waals surface area (Å²) in [4.78, 5) is 6.74. The second kappa shape index (κ2) is 12.5. The molecule has 6 heteroatoms. The van der Waals surface area contributed by atoms with Gasteiger partial charge in [-0.15, -0.1) is 24.0 Å². The van der Waals surface area contributed by atoms with E-state index in [0.29, 0.717) is 6.54 Å². The standard InChI is InChI=1S/C19H31FN4.HI/c1-21-19(23-15-16-9-11-17(20)12-10-16)22-13-6-14-24(2)18-7-4-3-5-8-18;/h9-12,18H,3-8,13-15H2,1-2H3,(H2,21,22,23);1H. The Hall–Kier alpha value is -0.890. The quantitative estimate of drug-likeness (QED) is 0.281. The minimum Gasteiger partial charge on any atom is -0.356 e. The summed E-state index contributed by atoms with van der Waals surface area (Å²) in [6.07, 6.45) is 7.97.